The molecular formula is C7H8N2O2S. The van der Waals surface area contributed by atoms with Crippen molar-refractivity contribution in [1.82, 2.24) is 0 Å². The Bertz CT molecular complexity index is 321. The van der Waals surface area contributed by atoms with E-state index in [2.05, 4.69) is 0 Å². The van der Waals surface area contributed by atoms with Gasteiger partial charge in [0.15, 0.2) is 11.5 Å². The Kier molecular flexibility index (Phi) is 1.65. The molecule has 0 amide bonds. The summed E-state index contributed by atoms with van der Waals surface area (Å²) in [5.41, 5.74) is 5.34. The van der Waals surface area contributed by atoms with Gasteiger partial charge in [-0.1, -0.05) is 0 Å². The number of hydrogen-bond donors (Lipinski definition) is 2. The molecule has 2 heterocycles. The molecule has 0 bridgehead atoms. The molecule has 4 nitrogen and oxygen atoms in total. The van der Waals surface area contributed by atoms with E-state index in [9.17, 15) is 0 Å². The molecule has 0 radical (unpaired) electrons. The molecule has 0 aliphatic carbocycles. The SMILES string of the molecule is N=C(N)c1scc2c1OCCO2. The predicted octanol–water partition coefficient (Wildman–Crippen LogP) is 0.803. The fourth-order valence-electron chi connectivity index (χ4n) is 1.05. The van der Waals surface area contributed by atoms with Crippen LogP contribution in [0.5, 0.6) is 11.5 Å². The van der Waals surface area contributed by atoms with Crippen LogP contribution < -0.4 is 15.2 Å². The summed E-state index contributed by atoms with van der Waals surface area (Å²) in [6.45, 7) is 1.10. The van der Waals surface area contributed by atoms with Crippen LogP contribution in [0, 0.1) is 5.41 Å². The lowest BCUT2D eigenvalue weighted by Crippen LogP contribution is -2.17. The maximum absolute atomic E-state index is 7.24. The van der Waals surface area contributed by atoms with Gasteiger partial charge in [-0.25, -0.2) is 0 Å². The molecule has 12 heavy (non-hydrogen) atoms. The number of nitrogens with two attached hydrogens (primary N) is 1. The van der Waals surface area contributed by atoms with Crippen molar-refractivity contribution in [1.29, 1.82) is 5.41 Å². The third-order valence-corrected chi connectivity index (χ3v) is 2.52. The molecule has 0 aromatic carbocycles. The van der Waals surface area contributed by atoms with Crippen LogP contribution in [0.25, 0.3) is 0 Å². The first kappa shape index (κ1) is 7.42. The monoisotopic (exact) mass is 184 g/mol. The average molecular weight is 184 g/mol. The van der Waals surface area contributed by atoms with Crippen LogP contribution in [0.15, 0.2) is 5.38 Å². The number of hydrogen-bond acceptors (Lipinski definition) is 4. The average Bonchev–Trinajstić information content (AvgIpc) is 2.47. The zero-order valence-electron chi connectivity index (χ0n) is 6.29. The van der Waals surface area contributed by atoms with Crippen molar-refractivity contribution in [2.24, 2.45) is 5.73 Å². The van der Waals surface area contributed by atoms with Crippen LogP contribution in [0.3, 0.4) is 0 Å². The van der Waals surface area contributed by atoms with Gasteiger partial charge in [0.05, 0.1) is 0 Å². The summed E-state index contributed by atoms with van der Waals surface area (Å²) in [6, 6.07) is 0. The molecular weight excluding hydrogens is 176 g/mol. The van der Waals surface area contributed by atoms with Gasteiger partial charge in [-0.3, -0.25) is 5.41 Å². The third-order valence-electron chi connectivity index (χ3n) is 1.55. The molecule has 1 aliphatic heterocycles. The number of amidine groups is 1. The van der Waals surface area contributed by atoms with Gasteiger partial charge in [0, 0.05) is 5.38 Å². The largest absolute Gasteiger partial charge is 0.485 e. The van der Waals surface area contributed by atoms with E-state index < -0.39 is 0 Å². The van der Waals surface area contributed by atoms with Crippen molar-refractivity contribution in [3.05, 3.63) is 10.3 Å². The van der Waals surface area contributed by atoms with Crippen molar-refractivity contribution < 1.29 is 9.47 Å². The topological polar surface area (TPSA) is 68.3 Å². The maximum atomic E-state index is 7.24. The van der Waals surface area contributed by atoms with Crippen LogP contribution in [-0.4, -0.2) is 19.0 Å². The van der Waals surface area contributed by atoms with Gasteiger partial charge in [0.25, 0.3) is 0 Å². The Morgan fingerprint density at radius 1 is 1.50 bits per heavy atom. The molecule has 0 atom stereocenters. The van der Waals surface area contributed by atoms with E-state index in [0.717, 1.165) is 0 Å². The molecule has 2 rings (SSSR count). The van der Waals surface area contributed by atoms with Crippen molar-refractivity contribution in [3.8, 4) is 11.5 Å². The Hall–Kier alpha value is -1.23. The minimum atomic E-state index is 0.0340. The lowest BCUT2D eigenvalue weighted by molar-refractivity contribution is 0.173. The number of ether oxygens (including phenoxy) is 2. The smallest absolute Gasteiger partial charge is 0.183 e. The molecule has 3 N–H and O–H groups in total. The lowest BCUT2D eigenvalue weighted by Gasteiger charge is -2.15. The summed E-state index contributed by atoms with van der Waals surface area (Å²) in [4.78, 5) is 0.657. The Labute approximate surface area is 73.4 Å². The van der Waals surface area contributed by atoms with E-state index >= 15 is 0 Å². The molecule has 1 aliphatic rings. The van der Waals surface area contributed by atoms with Gasteiger partial charge in [0.1, 0.15) is 23.9 Å². The molecule has 0 spiro atoms. The second-order valence-corrected chi connectivity index (χ2v) is 3.25. The van der Waals surface area contributed by atoms with E-state index in [1.165, 1.54) is 11.3 Å². The van der Waals surface area contributed by atoms with Crippen LogP contribution in [0.1, 0.15) is 4.88 Å². The summed E-state index contributed by atoms with van der Waals surface area (Å²) in [7, 11) is 0. The minimum Gasteiger partial charge on any atom is -0.485 e. The standard InChI is InChI=1S/C7H8N2O2S/c8-7(9)6-5-4(3-12-6)10-1-2-11-5/h3H,1-2H2,(H3,8,9). The number of nitrogens with one attached hydrogen (secondary N) is 1. The minimum absolute atomic E-state index is 0.0340. The highest BCUT2D eigenvalue weighted by Gasteiger charge is 2.19. The second-order valence-electron chi connectivity index (χ2n) is 2.37. The van der Waals surface area contributed by atoms with E-state index in [0.29, 0.717) is 29.6 Å². The van der Waals surface area contributed by atoms with Crippen LogP contribution >= 0.6 is 11.3 Å². The Morgan fingerprint density at radius 2 is 2.25 bits per heavy atom. The highest BCUT2D eigenvalue weighted by atomic mass is 32.1. The van der Waals surface area contributed by atoms with Gasteiger partial charge >= 0.3 is 0 Å². The molecule has 64 valence electrons. The first-order valence-corrected chi connectivity index (χ1v) is 4.38. The highest BCUT2D eigenvalue weighted by molar-refractivity contribution is 7.12. The zero-order chi connectivity index (χ0) is 8.55. The van der Waals surface area contributed by atoms with Gasteiger partial charge in [-0.05, 0) is 0 Å². The quantitative estimate of drug-likeness (QED) is 0.501. The lowest BCUT2D eigenvalue weighted by atomic mass is 10.3. The summed E-state index contributed by atoms with van der Waals surface area (Å²) in [5, 5.41) is 9.06. The van der Waals surface area contributed by atoms with Crippen molar-refractivity contribution >= 4 is 17.2 Å². The summed E-state index contributed by atoms with van der Waals surface area (Å²) in [6.07, 6.45) is 0. The molecule has 1 aromatic heterocycles. The van der Waals surface area contributed by atoms with Gasteiger partial charge < -0.3 is 15.2 Å². The molecule has 0 fully saturated rings. The maximum Gasteiger partial charge on any atom is 0.183 e. The molecule has 5 heteroatoms. The van der Waals surface area contributed by atoms with E-state index in [1.54, 1.807) is 0 Å². The number of rotatable bonds is 1. The summed E-state index contributed by atoms with van der Waals surface area (Å²) < 4.78 is 10.6. The van der Waals surface area contributed by atoms with E-state index in [-0.39, 0.29) is 5.84 Å². The number of fused-ring (bicyclic) bond motifs is 1. The van der Waals surface area contributed by atoms with Crippen LogP contribution in [-0.2, 0) is 0 Å². The van der Waals surface area contributed by atoms with E-state index in [1.807, 2.05) is 5.38 Å². The molecule has 0 saturated carbocycles. The van der Waals surface area contributed by atoms with Gasteiger partial charge in [-0.15, -0.1) is 11.3 Å². The van der Waals surface area contributed by atoms with Gasteiger partial charge in [0.2, 0.25) is 0 Å². The number of thiophene rings is 1. The van der Waals surface area contributed by atoms with Crippen LogP contribution in [0.2, 0.25) is 0 Å². The summed E-state index contributed by atoms with van der Waals surface area (Å²) in [5.74, 6) is 1.36. The molecule has 0 unspecified atom stereocenters. The highest BCUT2D eigenvalue weighted by Crippen LogP contribution is 2.38. The fourth-order valence-corrected chi connectivity index (χ4v) is 1.84. The zero-order valence-corrected chi connectivity index (χ0v) is 7.11. The van der Waals surface area contributed by atoms with Gasteiger partial charge in [-0.2, -0.15) is 0 Å². The fraction of sp³-hybridized carbons (Fsp3) is 0.286. The normalized spacial score (nSPS) is 14.3. The van der Waals surface area contributed by atoms with Crippen molar-refractivity contribution in [2.75, 3.05) is 13.2 Å². The van der Waals surface area contributed by atoms with Crippen LogP contribution in [0.4, 0.5) is 0 Å². The predicted molar refractivity (Wildman–Crippen MR) is 46.3 cm³/mol. The molecule has 0 saturated heterocycles. The first-order valence-electron chi connectivity index (χ1n) is 3.50. The second kappa shape index (κ2) is 2.67. The molecule has 1 aromatic rings. The number of nitrogen functional groups attached to an aromatic ring is 1. The van der Waals surface area contributed by atoms with E-state index in [4.69, 9.17) is 20.6 Å². The van der Waals surface area contributed by atoms with Crippen molar-refractivity contribution in [3.63, 3.8) is 0 Å². The Balaban J connectivity index is 2.44. The van der Waals surface area contributed by atoms with Crippen molar-refractivity contribution in [2.45, 2.75) is 0 Å². The third kappa shape index (κ3) is 1.02. The Morgan fingerprint density at radius 3 is 3.00 bits per heavy atom. The first-order chi connectivity index (χ1) is 5.79. The summed E-state index contributed by atoms with van der Waals surface area (Å²) >= 11 is 1.37.